The first-order chi connectivity index (χ1) is 12.6. The molecule has 9 heteroatoms. The minimum Gasteiger partial charge on any atom is -0.357 e. The maximum absolute atomic E-state index is 12.9. The lowest BCUT2D eigenvalue weighted by atomic mass is 10.0. The van der Waals surface area contributed by atoms with E-state index < -0.39 is 5.56 Å². The van der Waals surface area contributed by atoms with Crippen molar-refractivity contribution >= 4 is 34.2 Å². The number of hydrogen-bond acceptors (Lipinski definition) is 4. The summed E-state index contributed by atoms with van der Waals surface area (Å²) < 4.78 is 1.16. The van der Waals surface area contributed by atoms with Crippen LogP contribution in [0.2, 0.25) is 5.02 Å². The molecule has 5 rings (SSSR count). The number of halogens is 1. The van der Waals surface area contributed by atoms with Crippen molar-refractivity contribution in [1.29, 1.82) is 0 Å². The summed E-state index contributed by atoms with van der Waals surface area (Å²) in [7, 11) is 0. The van der Waals surface area contributed by atoms with Gasteiger partial charge in [-0.2, -0.15) is 4.52 Å². The Balaban J connectivity index is 1.55. The number of rotatable bonds is 1. The third kappa shape index (κ3) is 2.08. The van der Waals surface area contributed by atoms with Gasteiger partial charge < -0.3 is 9.88 Å². The van der Waals surface area contributed by atoms with Crippen LogP contribution in [0.3, 0.4) is 0 Å². The monoisotopic (exact) mass is 368 g/mol. The maximum Gasteiger partial charge on any atom is 0.286 e. The first kappa shape index (κ1) is 15.2. The molecule has 1 aromatic carbocycles. The first-order valence-electron chi connectivity index (χ1n) is 8.12. The first-order valence-corrected chi connectivity index (χ1v) is 8.49. The number of carbonyl (C=O) groups excluding carboxylic acids is 1. The average Bonchev–Trinajstić information content (AvgIpc) is 3.27. The van der Waals surface area contributed by atoms with Crippen molar-refractivity contribution in [3.8, 4) is 0 Å². The fraction of sp³-hybridized carbons (Fsp3) is 0.176. The molecule has 8 nitrogen and oxygen atoms in total. The molecule has 0 atom stereocenters. The van der Waals surface area contributed by atoms with Gasteiger partial charge in [-0.15, -0.1) is 0 Å². The normalized spacial score (nSPS) is 14.1. The number of para-hydroxylation sites is 1. The summed E-state index contributed by atoms with van der Waals surface area (Å²) in [4.78, 5) is 38.4. The quantitative estimate of drug-likeness (QED) is 0.534. The molecule has 4 heterocycles. The summed E-state index contributed by atoms with van der Waals surface area (Å²) in [5, 5.41) is 4.33. The molecule has 0 saturated heterocycles. The summed E-state index contributed by atoms with van der Waals surface area (Å²) >= 11 is 6.26. The van der Waals surface area contributed by atoms with Gasteiger partial charge in [-0.1, -0.05) is 23.7 Å². The highest BCUT2D eigenvalue weighted by molar-refractivity contribution is 6.35. The Morgan fingerprint density at radius 2 is 2.15 bits per heavy atom. The average molecular weight is 369 g/mol. The zero-order valence-electron chi connectivity index (χ0n) is 13.5. The molecular weight excluding hydrogens is 356 g/mol. The van der Waals surface area contributed by atoms with Gasteiger partial charge in [0.1, 0.15) is 11.9 Å². The predicted molar refractivity (Wildman–Crippen MR) is 95.4 cm³/mol. The van der Waals surface area contributed by atoms with Crippen LogP contribution in [0.5, 0.6) is 0 Å². The predicted octanol–water partition coefficient (Wildman–Crippen LogP) is 1.75. The summed E-state index contributed by atoms with van der Waals surface area (Å²) in [5.74, 6) is -0.104. The molecule has 3 aromatic heterocycles. The summed E-state index contributed by atoms with van der Waals surface area (Å²) in [5.41, 5.74) is 2.57. The molecule has 0 fully saturated rings. The highest BCUT2D eigenvalue weighted by Crippen LogP contribution is 2.31. The lowest BCUT2D eigenvalue weighted by molar-refractivity contribution is 0.0732. The lowest BCUT2D eigenvalue weighted by Crippen LogP contribution is -2.39. The number of nitrogens with zero attached hydrogens (tertiary/aromatic N) is 4. The number of carbonyl (C=O) groups is 1. The number of hydrogen-bond donors (Lipinski definition) is 2. The van der Waals surface area contributed by atoms with E-state index in [-0.39, 0.29) is 17.2 Å². The molecule has 1 amide bonds. The third-order valence-corrected chi connectivity index (χ3v) is 5.10. The van der Waals surface area contributed by atoms with Crippen molar-refractivity contribution in [2.24, 2.45) is 0 Å². The van der Waals surface area contributed by atoms with E-state index in [0.29, 0.717) is 24.5 Å². The number of nitrogens with one attached hydrogen (secondary N) is 2. The van der Waals surface area contributed by atoms with Gasteiger partial charge in [-0.25, -0.2) is 9.97 Å². The van der Waals surface area contributed by atoms with Crippen LogP contribution in [-0.4, -0.2) is 41.9 Å². The number of H-pyrrole nitrogens is 2. The topological polar surface area (TPSA) is 99.2 Å². The molecule has 0 saturated carbocycles. The Bertz CT molecular complexity index is 1240. The van der Waals surface area contributed by atoms with Crippen LogP contribution >= 0.6 is 11.6 Å². The van der Waals surface area contributed by atoms with E-state index >= 15 is 0 Å². The Morgan fingerprint density at radius 3 is 3.04 bits per heavy atom. The number of aromatic nitrogens is 5. The number of fused-ring (bicyclic) bond motifs is 4. The van der Waals surface area contributed by atoms with Crippen LogP contribution < -0.4 is 5.56 Å². The standard InChI is InChI=1S/C17H13ClN6O2/c18-12-3-1-2-9-11-7-23(5-4-13(11)22-14(9)12)15(25)10-6-19-17-20-8-21-24(17)16(10)26/h1-3,6,8,22H,4-5,7H2,(H,19,20,21). The van der Waals surface area contributed by atoms with Crippen molar-refractivity contribution < 1.29 is 4.79 Å². The molecule has 4 aromatic rings. The second-order valence-corrected chi connectivity index (χ2v) is 6.63. The van der Waals surface area contributed by atoms with Crippen molar-refractivity contribution in [3.05, 3.63) is 62.9 Å². The number of aromatic amines is 2. The molecule has 2 N–H and O–H groups in total. The molecule has 26 heavy (non-hydrogen) atoms. The Morgan fingerprint density at radius 1 is 1.27 bits per heavy atom. The van der Waals surface area contributed by atoms with Crippen LogP contribution in [0.25, 0.3) is 16.7 Å². The van der Waals surface area contributed by atoms with Gasteiger partial charge in [0, 0.05) is 42.4 Å². The minimum atomic E-state index is -0.453. The van der Waals surface area contributed by atoms with E-state index in [4.69, 9.17) is 11.6 Å². The smallest absolute Gasteiger partial charge is 0.286 e. The van der Waals surface area contributed by atoms with Gasteiger partial charge in [-0.05, 0) is 6.07 Å². The molecule has 0 unspecified atom stereocenters. The van der Waals surface area contributed by atoms with Gasteiger partial charge in [0.15, 0.2) is 0 Å². The highest BCUT2D eigenvalue weighted by atomic mass is 35.5. The minimum absolute atomic E-state index is 0.0214. The van der Waals surface area contributed by atoms with Gasteiger partial charge in [0.2, 0.25) is 0 Å². The van der Waals surface area contributed by atoms with Gasteiger partial charge in [-0.3, -0.25) is 14.7 Å². The zero-order valence-corrected chi connectivity index (χ0v) is 14.2. The van der Waals surface area contributed by atoms with Crippen LogP contribution in [0, 0.1) is 0 Å². The number of benzene rings is 1. The molecule has 0 spiro atoms. The van der Waals surface area contributed by atoms with Gasteiger partial charge in [0.25, 0.3) is 17.2 Å². The van der Waals surface area contributed by atoms with Crippen LogP contribution in [0.4, 0.5) is 0 Å². The Kier molecular flexibility index (Phi) is 3.17. The zero-order chi connectivity index (χ0) is 17.8. The van der Waals surface area contributed by atoms with E-state index in [1.54, 1.807) is 4.90 Å². The van der Waals surface area contributed by atoms with E-state index in [1.165, 1.54) is 12.5 Å². The molecule has 0 aliphatic carbocycles. The molecule has 1 aliphatic rings. The van der Waals surface area contributed by atoms with E-state index in [2.05, 4.69) is 20.1 Å². The fourth-order valence-electron chi connectivity index (χ4n) is 3.49. The van der Waals surface area contributed by atoms with Crippen LogP contribution in [0.15, 0.2) is 35.5 Å². The Labute approximate surface area is 151 Å². The molecule has 0 radical (unpaired) electrons. The maximum atomic E-state index is 12.9. The van der Waals surface area contributed by atoms with Gasteiger partial charge in [0.05, 0.1) is 10.5 Å². The lowest BCUT2D eigenvalue weighted by Gasteiger charge is -2.27. The van der Waals surface area contributed by atoms with Crippen LogP contribution in [-0.2, 0) is 13.0 Å². The van der Waals surface area contributed by atoms with Crippen LogP contribution in [0.1, 0.15) is 21.6 Å². The molecule has 0 bridgehead atoms. The van der Waals surface area contributed by atoms with Crippen molar-refractivity contribution in [1.82, 2.24) is 29.5 Å². The summed E-state index contributed by atoms with van der Waals surface area (Å²) in [6.07, 6.45) is 3.33. The number of amides is 1. The van der Waals surface area contributed by atoms with Crippen molar-refractivity contribution in [2.45, 2.75) is 13.0 Å². The second-order valence-electron chi connectivity index (χ2n) is 6.22. The largest absolute Gasteiger partial charge is 0.357 e. The summed E-state index contributed by atoms with van der Waals surface area (Å²) in [6.45, 7) is 0.932. The molecule has 1 aliphatic heterocycles. The van der Waals surface area contributed by atoms with Crippen molar-refractivity contribution in [3.63, 3.8) is 0 Å². The molecular formula is C17H13ClN6O2. The fourth-order valence-corrected chi connectivity index (χ4v) is 3.71. The highest BCUT2D eigenvalue weighted by Gasteiger charge is 2.27. The van der Waals surface area contributed by atoms with E-state index in [0.717, 1.165) is 26.7 Å². The SMILES string of the molecule is O=C(c1cnc2nc[nH]n2c1=O)N1CCc2[nH]c3c(Cl)cccc3c2C1. The molecule has 130 valence electrons. The van der Waals surface area contributed by atoms with Crippen molar-refractivity contribution in [2.75, 3.05) is 6.54 Å². The second kappa shape index (κ2) is 5.43. The Hall–Kier alpha value is -3.13. The van der Waals surface area contributed by atoms with E-state index in [9.17, 15) is 9.59 Å². The third-order valence-electron chi connectivity index (χ3n) is 4.79. The van der Waals surface area contributed by atoms with E-state index in [1.807, 2.05) is 18.2 Å². The van der Waals surface area contributed by atoms with Gasteiger partial charge >= 0.3 is 0 Å². The summed E-state index contributed by atoms with van der Waals surface area (Å²) in [6, 6.07) is 5.71.